The number of aliphatic carboxylic acids is 1. The van der Waals surface area contributed by atoms with E-state index in [1.54, 1.807) is 4.68 Å². The molecule has 42 heavy (non-hydrogen) atoms. The van der Waals surface area contributed by atoms with Crippen molar-refractivity contribution >= 4 is 38.6 Å². The Morgan fingerprint density at radius 2 is 2.05 bits per heavy atom. The van der Waals surface area contributed by atoms with Crippen molar-refractivity contribution in [2.24, 2.45) is 7.05 Å². The number of benzene rings is 2. The lowest BCUT2D eigenvalue weighted by Gasteiger charge is -2.25. The lowest BCUT2D eigenvalue weighted by Crippen LogP contribution is -2.36. The molecule has 4 aromatic rings. The zero-order valence-corrected chi connectivity index (χ0v) is 25.2. The van der Waals surface area contributed by atoms with Crippen molar-refractivity contribution in [3.63, 3.8) is 0 Å². The molecule has 0 spiro atoms. The van der Waals surface area contributed by atoms with Crippen molar-refractivity contribution in [3.8, 4) is 5.88 Å². The van der Waals surface area contributed by atoms with E-state index >= 15 is 0 Å². The van der Waals surface area contributed by atoms with Gasteiger partial charge >= 0.3 is 5.97 Å². The van der Waals surface area contributed by atoms with E-state index in [4.69, 9.17) is 16.3 Å². The van der Waals surface area contributed by atoms with Gasteiger partial charge in [0.05, 0.1) is 23.5 Å². The second-order valence-corrected chi connectivity index (χ2v) is 13.4. The number of carboxylic acid groups (broad SMARTS) is 1. The molecule has 0 radical (unpaired) electrons. The summed E-state index contributed by atoms with van der Waals surface area (Å²) in [5.41, 5.74) is 7.35. The molecule has 3 heterocycles. The van der Waals surface area contributed by atoms with Gasteiger partial charge in [0.15, 0.2) is 0 Å². The molecule has 0 saturated carbocycles. The Bertz CT molecular complexity index is 1820. The number of halogens is 1. The van der Waals surface area contributed by atoms with Crippen LogP contribution in [0, 0.1) is 6.92 Å². The Kier molecular flexibility index (Phi) is 7.44. The summed E-state index contributed by atoms with van der Waals surface area (Å²) in [5.74, 6) is -1.31. The minimum Gasteiger partial charge on any atom is -0.481 e. The number of fused-ring (bicyclic) bond motifs is 3. The second kappa shape index (κ2) is 10.9. The van der Waals surface area contributed by atoms with Crippen LogP contribution in [0.25, 0.3) is 11.0 Å². The summed E-state index contributed by atoms with van der Waals surface area (Å²) < 4.78 is 37.1. The van der Waals surface area contributed by atoms with Gasteiger partial charge in [-0.1, -0.05) is 41.9 Å². The van der Waals surface area contributed by atoms with Crippen molar-refractivity contribution in [3.05, 3.63) is 74.9 Å². The molecular formula is C30H32ClN5O5S. The predicted molar refractivity (Wildman–Crippen MR) is 157 cm³/mol. The highest BCUT2D eigenvalue weighted by molar-refractivity contribution is 7.89. The molecule has 2 aromatic carbocycles. The van der Waals surface area contributed by atoms with Crippen LogP contribution in [-0.2, 0) is 41.3 Å². The molecule has 0 amide bonds. The van der Waals surface area contributed by atoms with Crippen molar-refractivity contribution in [2.75, 3.05) is 6.54 Å². The van der Waals surface area contributed by atoms with Gasteiger partial charge in [-0.2, -0.15) is 4.31 Å². The summed E-state index contributed by atoms with van der Waals surface area (Å²) in [6.45, 7) is 4.18. The fraction of sp³-hybridized carbons (Fsp3) is 0.400. The molecule has 0 saturated heterocycles. The molecule has 2 aliphatic rings. The van der Waals surface area contributed by atoms with E-state index in [0.29, 0.717) is 6.42 Å². The molecule has 0 bridgehead atoms. The zero-order valence-electron chi connectivity index (χ0n) is 23.7. The number of nitrogens with zero attached hydrogens (tertiary/aromatic N) is 5. The Morgan fingerprint density at radius 1 is 1.24 bits per heavy atom. The third kappa shape index (κ3) is 5.03. The fourth-order valence-electron chi connectivity index (χ4n) is 6.27. The number of carboxylic acids is 1. The van der Waals surface area contributed by atoms with E-state index in [1.165, 1.54) is 16.6 Å². The van der Waals surface area contributed by atoms with Gasteiger partial charge in [-0.3, -0.25) is 4.79 Å². The summed E-state index contributed by atoms with van der Waals surface area (Å²) in [4.78, 5) is 16.3. The van der Waals surface area contributed by atoms with Crippen LogP contribution in [0.2, 0.25) is 5.02 Å². The van der Waals surface area contributed by atoms with Crippen molar-refractivity contribution in [2.45, 2.75) is 69.4 Å². The van der Waals surface area contributed by atoms with Crippen LogP contribution in [0.5, 0.6) is 5.88 Å². The van der Waals surface area contributed by atoms with Gasteiger partial charge in [-0.15, -0.1) is 5.10 Å². The third-order valence-corrected chi connectivity index (χ3v) is 10.5. The molecule has 2 aromatic heterocycles. The van der Waals surface area contributed by atoms with Crippen LogP contribution in [0.3, 0.4) is 0 Å². The molecule has 6 rings (SSSR count). The number of rotatable bonds is 7. The van der Waals surface area contributed by atoms with Gasteiger partial charge in [0, 0.05) is 25.7 Å². The van der Waals surface area contributed by atoms with E-state index in [0.717, 1.165) is 63.7 Å². The fourth-order valence-corrected chi connectivity index (χ4v) is 8.04. The van der Waals surface area contributed by atoms with Gasteiger partial charge in [0.1, 0.15) is 16.5 Å². The maximum absolute atomic E-state index is 14.0. The van der Waals surface area contributed by atoms with Crippen LogP contribution in [0.4, 0.5) is 0 Å². The molecule has 1 N–H and O–H groups in total. The Morgan fingerprint density at radius 3 is 2.81 bits per heavy atom. The Balaban J connectivity index is 1.46. The first-order chi connectivity index (χ1) is 20.1. The average Bonchev–Trinajstić information content (AvgIpc) is 3.56. The molecule has 220 valence electrons. The molecule has 2 atom stereocenters. The maximum atomic E-state index is 14.0. The molecule has 10 nitrogen and oxygen atoms in total. The van der Waals surface area contributed by atoms with Crippen LogP contribution in [0.15, 0.2) is 41.4 Å². The predicted octanol–water partition coefficient (Wildman–Crippen LogP) is 4.78. The van der Waals surface area contributed by atoms with Crippen molar-refractivity contribution < 1.29 is 23.1 Å². The van der Waals surface area contributed by atoms with Gasteiger partial charge < -0.3 is 9.84 Å². The maximum Gasteiger partial charge on any atom is 0.304 e. The molecule has 12 heteroatoms. The van der Waals surface area contributed by atoms with E-state index in [9.17, 15) is 18.3 Å². The largest absolute Gasteiger partial charge is 0.481 e. The van der Waals surface area contributed by atoms with E-state index in [1.807, 2.05) is 39.1 Å². The minimum absolute atomic E-state index is 0.0459. The van der Waals surface area contributed by atoms with Gasteiger partial charge in [-0.05, 0) is 78.1 Å². The highest BCUT2D eigenvalue weighted by Gasteiger charge is 2.36. The first-order valence-corrected chi connectivity index (χ1v) is 15.9. The minimum atomic E-state index is -3.98. The van der Waals surface area contributed by atoms with E-state index in [2.05, 4.69) is 21.4 Å². The quantitative estimate of drug-likeness (QED) is 0.317. The summed E-state index contributed by atoms with van der Waals surface area (Å²) in [6.07, 6.45) is 4.13. The number of hydrogen-bond donors (Lipinski definition) is 1. The number of ether oxygens (including phenoxy) is 1. The van der Waals surface area contributed by atoms with Crippen molar-refractivity contribution in [1.82, 2.24) is 24.3 Å². The monoisotopic (exact) mass is 609 g/mol. The number of hydrogen-bond acceptors (Lipinski definition) is 7. The molecular weight excluding hydrogens is 578 g/mol. The number of sulfonamides is 1. The second-order valence-electron chi connectivity index (χ2n) is 11.1. The van der Waals surface area contributed by atoms with E-state index < -0.39 is 21.9 Å². The summed E-state index contributed by atoms with van der Waals surface area (Å²) >= 11 is 6.16. The normalized spacial score (nSPS) is 18.7. The Hall–Kier alpha value is -3.54. The number of aryl methyl sites for hydroxylation is 3. The van der Waals surface area contributed by atoms with Gasteiger partial charge in [-0.25, -0.2) is 18.1 Å². The van der Waals surface area contributed by atoms with Gasteiger partial charge in [0.25, 0.3) is 0 Å². The standard InChI is InChI=1S/C30H32ClN5O5S/c1-4-22-16-36(42(39,40)27-12-21(31)14-32-30(27)41-22)15-20-11-19(10-18-6-5-7-24(18)20)25(13-28(37)38)23-8-9-26-29(17(23)2)33-34-35(26)3/h8-12,14,22,25H,4-7,13,15-16H2,1-3H3,(H,37,38)/t22-,25+/m1/s1. The summed E-state index contributed by atoms with van der Waals surface area (Å²) in [5, 5.41) is 18.6. The zero-order chi connectivity index (χ0) is 29.8. The number of carbonyl (C=O) groups is 1. The smallest absolute Gasteiger partial charge is 0.304 e. The number of pyridine rings is 1. The molecule has 0 fully saturated rings. The average molecular weight is 610 g/mol. The Labute approximate surface area is 249 Å². The molecule has 0 unspecified atom stereocenters. The SMILES string of the molecule is CC[C@@H]1CN(Cc2cc([C@H](CC(=O)O)c3ccc4c(nnn4C)c3C)cc3c2CCC3)S(=O)(=O)c2cc(Cl)cnc2O1. The van der Waals surface area contributed by atoms with Crippen LogP contribution in [0.1, 0.15) is 65.5 Å². The lowest BCUT2D eigenvalue weighted by atomic mass is 9.83. The van der Waals surface area contributed by atoms with E-state index in [-0.39, 0.29) is 41.4 Å². The van der Waals surface area contributed by atoms with Crippen molar-refractivity contribution in [1.29, 1.82) is 0 Å². The first kappa shape index (κ1) is 28.6. The highest BCUT2D eigenvalue weighted by atomic mass is 35.5. The molecule has 1 aliphatic heterocycles. The summed E-state index contributed by atoms with van der Waals surface area (Å²) in [6, 6.07) is 9.37. The third-order valence-electron chi connectivity index (χ3n) is 8.46. The van der Waals surface area contributed by atoms with Crippen LogP contribution in [-0.4, -0.2) is 56.4 Å². The topological polar surface area (TPSA) is 128 Å². The number of aromatic nitrogens is 4. The molecule has 1 aliphatic carbocycles. The van der Waals surface area contributed by atoms with Crippen LogP contribution >= 0.6 is 11.6 Å². The van der Waals surface area contributed by atoms with Gasteiger partial charge in [0.2, 0.25) is 15.9 Å². The lowest BCUT2D eigenvalue weighted by molar-refractivity contribution is -0.137. The highest BCUT2D eigenvalue weighted by Crippen LogP contribution is 2.39. The summed E-state index contributed by atoms with van der Waals surface area (Å²) in [7, 11) is -2.16. The van der Waals surface area contributed by atoms with Crippen LogP contribution < -0.4 is 4.74 Å². The first-order valence-electron chi connectivity index (χ1n) is 14.0.